The smallest absolute Gasteiger partial charge is 0.309 e. The molecule has 108 valence electrons. The third-order valence-electron chi connectivity index (χ3n) is 4.12. The van der Waals surface area contributed by atoms with Crippen molar-refractivity contribution < 1.29 is 0 Å². The van der Waals surface area contributed by atoms with E-state index >= 15 is 0 Å². The maximum Gasteiger partial charge on any atom is 0.323 e. The second-order valence-corrected chi connectivity index (χ2v) is 5.39. The Labute approximate surface area is 123 Å². The molecule has 1 atom stereocenters. The molecule has 0 aliphatic heterocycles. The summed E-state index contributed by atoms with van der Waals surface area (Å²) in [7, 11) is 1.95. The highest BCUT2D eigenvalue weighted by atomic mass is 16.1. The van der Waals surface area contributed by atoms with Crippen LogP contribution in [0.3, 0.4) is 0 Å². The highest BCUT2D eigenvalue weighted by Gasteiger charge is 2.15. The number of aromatic nitrogens is 2. The van der Waals surface area contributed by atoms with Crippen LogP contribution in [0.2, 0.25) is 0 Å². The van der Waals surface area contributed by atoms with Crippen LogP contribution in [0.15, 0.2) is 41.2 Å². The number of hydrogen-bond donors (Lipinski definition) is 3. The minimum absolute atomic E-state index is 0.104. The normalized spacial score (nSPS) is 12.7. The minimum Gasteiger partial charge on any atom is -0.309 e. The van der Waals surface area contributed by atoms with Gasteiger partial charge in [-0.2, -0.15) is 0 Å². The summed E-state index contributed by atoms with van der Waals surface area (Å²) in [5.41, 5.74) is 6.46. The quantitative estimate of drug-likeness (QED) is 0.691. The summed E-state index contributed by atoms with van der Waals surface area (Å²) >= 11 is 0. The number of nitrogens with one attached hydrogen (secondary N) is 3. The van der Waals surface area contributed by atoms with E-state index in [-0.39, 0.29) is 11.7 Å². The van der Waals surface area contributed by atoms with Crippen molar-refractivity contribution in [1.29, 1.82) is 0 Å². The summed E-state index contributed by atoms with van der Waals surface area (Å²) in [6.45, 7) is 4.27. The van der Waals surface area contributed by atoms with Gasteiger partial charge in [-0.3, -0.25) is 0 Å². The molecule has 4 nitrogen and oxygen atoms in total. The van der Waals surface area contributed by atoms with Crippen molar-refractivity contribution in [2.75, 3.05) is 7.05 Å². The van der Waals surface area contributed by atoms with Gasteiger partial charge < -0.3 is 15.3 Å². The number of benzene rings is 2. The Morgan fingerprint density at radius 3 is 2.57 bits per heavy atom. The predicted molar refractivity (Wildman–Crippen MR) is 85.7 cm³/mol. The fraction of sp³-hybridized carbons (Fsp3) is 0.235. The van der Waals surface area contributed by atoms with Crippen LogP contribution in [-0.2, 0) is 0 Å². The number of H-pyrrole nitrogens is 2. The molecule has 3 N–H and O–H groups in total. The lowest BCUT2D eigenvalue weighted by atomic mass is 9.92. The van der Waals surface area contributed by atoms with Gasteiger partial charge in [0.2, 0.25) is 0 Å². The Morgan fingerprint density at radius 2 is 1.81 bits per heavy atom. The van der Waals surface area contributed by atoms with Crippen molar-refractivity contribution in [2.24, 2.45) is 0 Å². The molecule has 0 radical (unpaired) electrons. The third kappa shape index (κ3) is 2.38. The van der Waals surface area contributed by atoms with Crippen LogP contribution in [0.4, 0.5) is 0 Å². The topological polar surface area (TPSA) is 60.7 Å². The van der Waals surface area contributed by atoms with Crippen LogP contribution in [0.1, 0.15) is 28.3 Å². The van der Waals surface area contributed by atoms with Gasteiger partial charge in [0.05, 0.1) is 17.1 Å². The van der Waals surface area contributed by atoms with Gasteiger partial charge in [-0.25, -0.2) is 4.79 Å². The first-order valence-corrected chi connectivity index (χ1v) is 7.05. The van der Waals surface area contributed by atoms with E-state index in [1.807, 2.05) is 19.2 Å². The van der Waals surface area contributed by atoms with Crippen molar-refractivity contribution in [3.05, 3.63) is 69.1 Å². The average Bonchev–Trinajstić information content (AvgIpc) is 2.83. The van der Waals surface area contributed by atoms with Crippen LogP contribution < -0.4 is 11.0 Å². The molecule has 4 heteroatoms. The summed E-state index contributed by atoms with van der Waals surface area (Å²) < 4.78 is 0. The van der Waals surface area contributed by atoms with Crippen molar-refractivity contribution in [3.63, 3.8) is 0 Å². The molecule has 1 heterocycles. The molecular weight excluding hydrogens is 262 g/mol. The van der Waals surface area contributed by atoms with Gasteiger partial charge in [-0.1, -0.05) is 24.3 Å². The SMILES string of the molecule is CNC(c1ccc2[nH]c(=O)[nH]c2c1)c1cccc(C)c1C. The zero-order valence-electron chi connectivity index (χ0n) is 12.4. The molecule has 3 aromatic rings. The second-order valence-electron chi connectivity index (χ2n) is 5.39. The third-order valence-corrected chi connectivity index (χ3v) is 4.12. The Balaban J connectivity index is 2.13. The van der Waals surface area contributed by atoms with Crippen LogP contribution in [0.25, 0.3) is 11.0 Å². The van der Waals surface area contributed by atoms with E-state index in [1.54, 1.807) is 0 Å². The van der Waals surface area contributed by atoms with Crippen LogP contribution >= 0.6 is 0 Å². The fourth-order valence-electron chi connectivity index (χ4n) is 2.82. The lowest BCUT2D eigenvalue weighted by Gasteiger charge is -2.20. The van der Waals surface area contributed by atoms with E-state index in [9.17, 15) is 4.79 Å². The molecule has 1 unspecified atom stereocenters. The van der Waals surface area contributed by atoms with Crippen LogP contribution in [-0.4, -0.2) is 17.0 Å². The number of rotatable bonds is 3. The Bertz CT molecular complexity index is 845. The van der Waals surface area contributed by atoms with Gasteiger partial charge >= 0.3 is 5.69 Å². The largest absolute Gasteiger partial charge is 0.323 e. The zero-order valence-corrected chi connectivity index (χ0v) is 12.4. The Hall–Kier alpha value is -2.33. The van der Waals surface area contributed by atoms with E-state index in [0.29, 0.717) is 0 Å². The van der Waals surface area contributed by atoms with Gasteiger partial charge in [0.25, 0.3) is 0 Å². The van der Waals surface area contributed by atoms with Gasteiger partial charge in [0.15, 0.2) is 0 Å². The molecule has 0 aliphatic rings. The minimum atomic E-state index is -0.171. The molecule has 0 spiro atoms. The Morgan fingerprint density at radius 1 is 1.05 bits per heavy atom. The van der Waals surface area contributed by atoms with E-state index in [1.165, 1.54) is 16.7 Å². The summed E-state index contributed by atoms with van der Waals surface area (Å²) in [6, 6.07) is 12.5. The van der Waals surface area contributed by atoms with Gasteiger partial charge in [-0.15, -0.1) is 0 Å². The maximum atomic E-state index is 11.4. The summed E-state index contributed by atoms with van der Waals surface area (Å²) in [4.78, 5) is 17.0. The zero-order chi connectivity index (χ0) is 15.0. The lowest BCUT2D eigenvalue weighted by molar-refractivity contribution is 0.687. The number of aryl methyl sites for hydroxylation is 1. The number of aromatic amines is 2. The standard InChI is InChI=1S/C17H19N3O/c1-10-5-4-6-13(11(10)2)16(18-3)12-7-8-14-15(9-12)20-17(21)19-14/h4-9,16,18H,1-3H3,(H2,19,20,21). The highest BCUT2D eigenvalue weighted by molar-refractivity contribution is 5.75. The maximum absolute atomic E-state index is 11.4. The first kappa shape index (κ1) is 13.6. The van der Waals surface area contributed by atoms with Gasteiger partial charge in [-0.05, 0) is 55.3 Å². The molecule has 3 rings (SSSR count). The van der Waals surface area contributed by atoms with Crippen LogP contribution in [0, 0.1) is 13.8 Å². The van der Waals surface area contributed by atoms with Gasteiger partial charge in [0, 0.05) is 0 Å². The molecule has 0 saturated heterocycles. The number of imidazole rings is 1. The molecule has 1 aromatic heterocycles. The lowest BCUT2D eigenvalue weighted by Crippen LogP contribution is -2.19. The number of hydrogen-bond acceptors (Lipinski definition) is 2. The Kier molecular flexibility index (Phi) is 3.39. The molecule has 2 aromatic carbocycles. The number of fused-ring (bicyclic) bond motifs is 1. The van der Waals surface area contributed by atoms with Crippen molar-refractivity contribution in [2.45, 2.75) is 19.9 Å². The summed E-state index contributed by atoms with van der Waals surface area (Å²) in [5, 5.41) is 3.37. The monoisotopic (exact) mass is 281 g/mol. The second kappa shape index (κ2) is 5.22. The molecule has 0 aliphatic carbocycles. The molecular formula is C17H19N3O. The molecule has 0 fully saturated rings. The molecule has 21 heavy (non-hydrogen) atoms. The van der Waals surface area contributed by atoms with Crippen molar-refractivity contribution in [3.8, 4) is 0 Å². The summed E-state index contributed by atoms with van der Waals surface area (Å²) in [6.07, 6.45) is 0. The summed E-state index contributed by atoms with van der Waals surface area (Å²) in [5.74, 6) is 0. The predicted octanol–water partition coefficient (Wildman–Crippen LogP) is 2.78. The first-order valence-electron chi connectivity index (χ1n) is 7.05. The highest BCUT2D eigenvalue weighted by Crippen LogP contribution is 2.27. The van der Waals surface area contributed by atoms with E-state index in [4.69, 9.17) is 0 Å². The molecule has 0 bridgehead atoms. The molecule has 0 amide bonds. The van der Waals surface area contributed by atoms with Crippen molar-refractivity contribution in [1.82, 2.24) is 15.3 Å². The van der Waals surface area contributed by atoms with Crippen LogP contribution in [0.5, 0.6) is 0 Å². The average molecular weight is 281 g/mol. The van der Waals surface area contributed by atoms with E-state index in [0.717, 1.165) is 16.6 Å². The van der Waals surface area contributed by atoms with Gasteiger partial charge in [0.1, 0.15) is 0 Å². The molecule has 0 saturated carbocycles. The first-order chi connectivity index (χ1) is 10.1. The van der Waals surface area contributed by atoms with Crippen molar-refractivity contribution >= 4 is 11.0 Å². The fourth-order valence-corrected chi connectivity index (χ4v) is 2.82. The van der Waals surface area contributed by atoms with E-state index in [2.05, 4.69) is 53.4 Å². The van der Waals surface area contributed by atoms with E-state index < -0.39 is 0 Å².